The van der Waals surface area contributed by atoms with Crippen LogP contribution in [-0.2, 0) is 3.83 Å². The van der Waals surface area contributed by atoms with Crippen LogP contribution >= 0.6 is 0 Å². The molecule has 0 heterocycles. The standard InChI is InChI=1S/C16H18N2OSe/c1-2-14(8-11-17)15(9-12-18)10-13-20(19)16-6-4-3-5-7-16/h2-7,14-15H,1,8-10,13H2/t14-,15+,20?/m1/s1. The third-order valence-electron chi connectivity index (χ3n) is 3.27. The summed E-state index contributed by atoms with van der Waals surface area (Å²) in [5, 5.41) is 18.3. The van der Waals surface area contributed by atoms with Crippen LogP contribution in [0.5, 0.6) is 0 Å². The SMILES string of the molecule is C=C[C@H](CC#N)[C@@H](CC#N)CC[Se](=O)c1ccccc1. The van der Waals surface area contributed by atoms with E-state index in [0.29, 0.717) is 24.6 Å². The number of rotatable bonds is 8. The molecular formula is C16H18N2OSe. The second-order valence-corrected chi connectivity index (χ2v) is 7.83. The Bertz CT molecular complexity index is 528. The van der Waals surface area contributed by atoms with Gasteiger partial charge in [0, 0.05) is 0 Å². The fourth-order valence-corrected chi connectivity index (χ4v) is 4.63. The summed E-state index contributed by atoms with van der Waals surface area (Å²) in [4.78, 5) is 0. The van der Waals surface area contributed by atoms with Gasteiger partial charge in [0.2, 0.25) is 0 Å². The van der Waals surface area contributed by atoms with Crippen molar-refractivity contribution in [2.75, 3.05) is 0 Å². The van der Waals surface area contributed by atoms with E-state index < -0.39 is 13.8 Å². The van der Waals surface area contributed by atoms with Crippen molar-refractivity contribution in [3.8, 4) is 12.1 Å². The van der Waals surface area contributed by atoms with Crippen LogP contribution in [0, 0.1) is 34.5 Å². The third kappa shape index (κ3) is 5.10. The Kier molecular flexibility index (Phi) is 7.51. The number of allylic oxidation sites excluding steroid dienone is 1. The first-order valence-electron chi connectivity index (χ1n) is 6.52. The predicted molar refractivity (Wildman–Crippen MR) is 79.6 cm³/mol. The van der Waals surface area contributed by atoms with Crippen LogP contribution in [0.4, 0.5) is 0 Å². The molecule has 0 amide bonds. The minimum absolute atomic E-state index is 0.00854. The monoisotopic (exact) mass is 334 g/mol. The van der Waals surface area contributed by atoms with Gasteiger partial charge >= 0.3 is 124 Å². The molecule has 1 aromatic rings. The van der Waals surface area contributed by atoms with Crippen LogP contribution in [0.1, 0.15) is 19.3 Å². The van der Waals surface area contributed by atoms with E-state index in [0.717, 1.165) is 4.46 Å². The van der Waals surface area contributed by atoms with Crippen molar-refractivity contribution < 1.29 is 3.83 Å². The van der Waals surface area contributed by atoms with E-state index in [9.17, 15) is 3.83 Å². The van der Waals surface area contributed by atoms with Crippen molar-refractivity contribution in [1.29, 1.82) is 10.5 Å². The Labute approximate surface area is 124 Å². The second-order valence-electron chi connectivity index (χ2n) is 4.54. The normalized spacial score (nSPS) is 14.5. The van der Waals surface area contributed by atoms with Crippen molar-refractivity contribution in [3.63, 3.8) is 0 Å². The molecule has 0 aliphatic heterocycles. The van der Waals surface area contributed by atoms with Crippen LogP contribution in [0.2, 0.25) is 5.32 Å². The summed E-state index contributed by atoms with van der Waals surface area (Å²) in [6.45, 7) is 3.74. The summed E-state index contributed by atoms with van der Waals surface area (Å²) >= 11 is -2.05. The van der Waals surface area contributed by atoms with E-state index in [1.165, 1.54) is 0 Å². The van der Waals surface area contributed by atoms with Crippen molar-refractivity contribution >= 4 is 18.3 Å². The van der Waals surface area contributed by atoms with E-state index in [-0.39, 0.29) is 11.8 Å². The Morgan fingerprint density at radius 1 is 1.20 bits per heavy atom. The van der Waals surface area contributed by atoms with Gasteiger partial charge in [0.15, 0.2) is 0 Å². The van der Waals surface area contributed by atoms with E-state index in [1.807, 2.05) is 30.3 Å². The Balaban J connectivity index is 2.63. The van der Waals surface area contributed by atoms with Crippen LogP contribution in [-0.4, -0.2) is 13.8 Å². The summed E-state index contributed by atoms with van der Waals surface area (Å²) in [5.74, 6) is 0.0790. The molecule has 1 aromatic carbocycles. The van der Waals surface area contributed by atoms with Gasteiger partial charge in [-0.15, -0.1) is 0 Å². The summed E-state index contributed by atoms with van der Waals surface area (Å²) < 4.78 is 13.2. The van der Waals surface area contributed by atoms with E-state index in [1.54, 1.807) is 6.08 Å². The molecule has 4 heteroatoms. The predicted octanol–water partition coefficient (Wildman–Crippen LogP) is 2.95. The first kappa shape index (κ1) is 16.3. The molecule has 0 aromatic heterocycles. The summed E-state index contributed by atoms with van der Waals surface area (Å²) in [6, 6.07) is 13.7. The molecule has 0 spiro atoms. The molecule has 104 valence electrons. The maximum atomic E-state index is 12.3. The van der Waals surface area contributed by atoms with Crippen LogP contribution in [0.25, 0.3) is 0 Å². The minimum atomic E-state index is -2.05. The average Bonchev–Trinajstić information content (AvgIpc) is 2.50. The first-order valence-corrected chi connectivity index (χ1v) is 9.29. The molecule has 0 saturated heterocycles. The molecule has 0 aliphatic carbocycles. The second kappa shape index (κ2) is 9.21. The fourth-order valence-electron chi connectivity index (χ4n) is 2.08. The number of benzene rings is 1. The van der Waals surface area contributed by atoms with Gasteiger partial charge in [-0.25, -0.2) is 0 Å². The zero-order valence-corrected chi connectivity index (χ0v) is 13.1. The van der Waals surface area contributed by atoms with Crippen LogP contribution in [0.15, 0.2) is 43.0 Å². The quantitative estimate of drug-likeness (QED) is 0.543. The van der Waals surface area contributed by atoms with Crippen molar-refractivity contribution in [1.82, 2.24) is 0 Å². The Morgan fingerprint density at radius 3 is 2.40 bits per heavy atom. The van der Waals surface area contributed by atoms with Gasteiger partial charge < -0.3 is 0 Å². The van der Waals surface area contributed by atoms with Crippen LogP contribution in [0.3, 0.4) is 0 Å². The zero-order chi connectivity index (χ0) is 14.8. The van der Waals surface area contributed by atoms with Gasteiger partial charge in [-0.1, -0.05) is 0 Å². The van der Waals surface area contributed by atoms with Crippen molar-refractivity contribution in [3.05, 3.63) is 43.0 Å². The molecule has 0 radical (unpaired) electrons. The summed E-state index contributed by atoms with van der Waals surface area (Å²) in [6.07, 6.45) is 3.19. The molecule has 3 atom stereocenters. The molecule has 0 fully saturated rings. The molecule has 0 saturated carbocycles. The van der Waals surface area contributed by atoms with E-state index in [2.05, 4.69) is 18.7 Å². The van der Waals surface area contributed by atoms with Gasteiger partial charge in [-0.05, 0) is 0 Å². The zero-order valence-electron chi connectivity index (χ0n) is 11.4. The molecule has 3 nitrogen and oxygen atoms in total. The Hall–Kier alpha value is -1.74. The summed E-state index contributed by atoms with van der Waals surface area (Å²) in [5.41, 5.74) is 0. The van der Waals surface area contributed by atoms with E-state index >= 15 is 0 Å². The van der Waals surface area contributed by atoms with Crippen molar-refractivity contribution in [2.24, 2.45) is 11.8 Å². The van der Waals surface area contributed by atoms with Gasteiger partial charge in [0.1, 0.15) is 0 Å². The number of nitrogens with zero attached hydrogens (tertiary/aromatic N) is 2. The molecule has 1 rings (SSSR count). The summed E-state index contributed by atoms with van der Waals surface area (Å²) in [7, 11) is 0. The van der Waals surface area contributed by atoms with Crippen molar-refractivity contribution in [2.45, 2.75) is 24.6 Å². The average molecular weight is 333 g/mol. The van der Waals surface area contributed by atoms with Gasteiger partial charge in [0.05, 0.1) is 0 Å². The number of hydrogen-bond donors (Lipinski definition) is 0. The molecule has 1 unspecified atom stereocenters. The third-order valence-corrected chi connectivity index (χ3v) is 6.22. The Morgan fingerprint density at radius 2 is 1.85 bits per heavy atom. The first-order chi connectivity index (χ1) is 9.72. The molecule has 20 heavy (non-hydrogen) atoms. The molecule has 0 aliphatic rings. The van der Waals surface area contributed by atoms with Crippen LogP contribution < -0.4 is 4.46 Å². The van der Waals surface area contributed by atoms with Gasteiger partial charge in [0.25, 0.3) is 0 Å². The molecule has 0 N–H and O–H groups in total. The maximum absolute atomic E-state index is 12.3. The van der Waals surface area contributed by atoms with Gasteiger partial charge in [-0.3, -0.25) is 0 Å². The topological polar surface area (TPSA) is 64.7 Å². The number of hydrogen-bond acceptors (Lipinski definition) is 3. The van der Waals surface area contributed by atoms with E-state index in [4.69, 9.17) is 10.5 Å². The van der Waals surface area contributed by atoms with Gasteiger partial charge in [-0.2, -0.15) is 0 Å². The molecular weight excluding hydrogens is 315 g/mol. The molecule has 0 bridgehead atoms. The fraction of sp³-hybridized carbons (Fsp3) is 0.375. The number of nitriles is 2.